The van der Waals surface area contributed by atoms with E-state index in [1.54, 1.807) is 6.26 Å². The minimum Gasteiger partial charge on any atom is -0.364 e. The molecule has 0 aromatic carbocycles. The zero-order chi connectivity index (χ0) is 5.28. The third-order valence-corrected chi connectivity index (χ3v) is 0.990. The molecular formula is C5H8FNO. The lowest BCUT2D eigenvalue weighted by atomic mass is 10.3. The van der Waals surface area contributed by atoms with Crippen LogP contribution in [0.15, 0.2) is 10.8 Å². The predicted octanol–water partition coefficient (Wildman–Crippen LogP) is 1.44. The number of aromatic nitrogens is 1. The van der Waals surface area contributed by atoms with E-state index < -0.39 is 0 Å². The lowest BCUT2D eigenvalue weighted by Gasteiger charge is -1.74. The first kappa shape index (κ1) is 7.14. The number of aryl methyl sites for hydroxylation is 2. The Labute approximate surface area is 46.9 Å². The van der Waals surface area contributed by atoms with Gasteiger partial charge in [-0.2, -0.15) is 0 Å². The summed E-state index contributed by atoms with van der Waals surface area (Å²) in [5, 5.41) is 3.64. The van der Waals surface area contributed by atoms with Crippen LogP contribution in [0.3, 0.4) is 0 Å². The van der Waals surface area contributed by atoms with E-state index in [4.69, 9.17) is 0 Å². The van der Waals surface area contributed by atoms with E-state index in [-0.39, 0.29) is 4.70 Å². The van der Waals surface area contributed by atoms with Crippen LogP contribution in [0.25, 0.3) is 0 Å². The predicted molar refractivity (Wildman–Crippen MR) is 28.5 cm³/mol. The van der Waals surface area contributed by atoms with Gasteiger partial charge in [0.15, 0.2) is 0 Å². The molecule has 1 heterocycles. The van der Waals surface area contributed by atoms with Crippen molar-refractivity contribution in [1.29, 1.82) is 0 Å². The van der Waals surface area contributed by atoms with Crippen LogP contribution in [-0.4, -0.2) is 5.16 Å². The molecule has 0 unspecified atom stereocenters. The minimum absolute atomic E-state index is 0. The Morgan fingerprint density at radius 3 is 2.25 bits per heavy atom. The van der Waals surface area contributed by atoms with Gasteiger partial charge in [-0.1, -0.05) is 5.16 Å². The summed E-state index contributed by atoms with van der Waals surface area (Å²) in [5.74, 6) is 0. The largest absolute Gasteiger partial charge is 0.364 e. The Kier molecular flexibility index (Phi) is 2.19. The summed E-state index contributed by atoms with van der Waals surface area (Å²) in [4.78, 5) is 0. The second kappa shape index (κ2) is 2.45. The molecule has 0 aliphatic heterocycles. The van der Waals surface area contributed by atoms with E-state index in [0.29, 0.717) is 0 Å². The van der Waals surface area contributed by atoms with E-state index in [2.05, 4.69) is 9.68 Å². The zero-order valence-corrected chi connectivity index (χ0v) is 4.84. The Bertz CT molecular complexity index is 145. The summed E-state index contributed by atoms with van der Waals surface area (Å²) in [7, 11) is 0. The van der Waals surface area contributed by atoms with E-state index in [1.165, 1.54) is 0 Å². The summed E-state index contributed by atoms with van der Waals surface area (Å²) in [6.07, 6.45) is 1.63. The van der Waals surface area contributed by atoms with Crippen LogP contribution in [0.5, 0.6) is 0 Å². The fraction of sp³-hybridized carbons (Fsp3) is 0.400. The molecule has 0 saturated carbocycles. The van der Waals surface area contributed by atoms with Crippen molar-refractivity contribution in [2.45, 2.75) is 13.8 Å². The highest BCUT2D eigenvalue weighted by Gasteiger charge is 1.90. The number of rotatable bonds is 0. The lowest BCUT2D eigenvalue weighted by Crippen LogP contribution is -1.69. The summed E-state index contributed by atoms with van der Waals surface area (Å²) in [5.41, 5.74) is 2.08. The Morgan fingerprint density at radius 2 is 2.12 bits per heavy atom. The van der Waals surface area contributed by atoms with Crippen molar-refractivity contribution in [2.75, 3.05) is 0 Å². The third kappa shape index (κ3) is 1.05. The molecule has 1 rings (SSSR count). The number of hydrogen-bond donors (Lipinski definition) is 0. The standard InChI is InChI=1S/C5H7NO.FH/c1-4-3-7-6-5(4)2;/h3H,1-2H3;1H. The third-order valence-electron chi connectivity index (χ3n) is 0.990. The molecule has 0 amide bonds. The molecule has 8 heavy (non-hydrogen) atoms. The average Bonchev–Trinajstić information content (AvgIpc) is 1.91. The summed E-state index contributed by atoms with van der Waals surface area (Å²) in [6, 6.07) is 0. The second-order valence-electron chi connectivity index (χ2n) is 1.58. The summed E-state index contributed by atoms with van der Waals surface area (Å²) in [6.45, 7) is 3.88. The molecule has 2 nitrogen and oxygen atoms in total. The molecule has 0 saturated heterocycles. The van der Waals surface area contributed by atoms with Gasteiger partial charge in [-0.25, -0.2) is 0 Å². The van der Waals surface area contributed by atoms with Gasteiger partial charge in [-0.15, -0.1) is 0 Å². The first-order chi connectivity index (χ1) is 3.30. The first-order valence-corrected chi connectivity index (χ1v) is 2.18. The summed E-state index contributed by atoms with van der Waals surface area (Å²) >= 11 is 0. The van der Waals surface area contributed by atoms with Crippen molar-refractivity contribution in [1.82, 2.24) is 5.16 Å². The van der Waals surface area contributed by atoms with Crippen LogP contribution in [0.4, 0.5) is 4.70 Å². The number of hydrogen-bond acceptors (Lipinski definition) is 2. The van der Waals surface area contributed by atoms with Gasteiger partial charge in [0.1, 0.15) is 6.26 Å². The highest BCUT2D eigenvalue weighted by Crippen LogP contribution is 1.99. The topological polar surface area (TPSA) is 26.0 Å². The van der Waals surface area contributed by atoms with Crippen LogP contribution in [0.2, 0.25) is 0 Å². The molecule has 0 spiro atoms. The van der Waals surface area contributed by atoms with Crippen molar-refractivity contribution in [3.05, 3.63) is 17.5 Å². The minimum atomic E-state index is 0. The number of halogens is 1. The van der Waals surface area contributed by atoms with Crippen LogP contribution in [-0.2, 0) is 0 Å². The molecule has 0 aliphatic carbocycles. The molecule has 0 radical (unpaired) electrons. The molecule has 0 aliphatic rings. The van der Waals surface area contributed by atoms with Crippen molar-refractivity contribution in [2.24, 2.45) is 0 Å². The van der Waals surface area contributed by atoms with Gasteiger partial charge in [0.2, 0.25) is 0 Å². The summed E-state index contributed by atoms with van der Waals surface area (Å²) < 4.78 is 4.59. The molecule has 46 valence electrons. The van der Waals surface area contributed by atoms with Crippen molar-refractivity contribution in [3.8, 4) is 0 Å². The molecule has 1 aromatic heterocycles. The molecule has 0 atom stereocenters. The van der Waals surface area contributed by atoms with Crippen molar-refractivity contribution in [3.63, 3.8) is 0 Å². The van der Waals surface area contributed by atoms with Gasteiger partial charge in [0.05, 0.1) is 5.69 Å². The lowest BCUT2D eigenvalue weighted by molar-refractivity contribution is 0.414. The Hall–Kier alpha value is -0.860. The fourth-order valence-corrected chi connectivity index (χ4v) is 0.342. The quantitative estimate of drug-likeness (QED) is 0.514. The average molecular weight is 117 g/mol. The number of nitrogens with zero attached hydrogens (tertiary/aromatic N) is 1. The van der Waals surface area contributed by atoms with Crippen LogP contribution in [0.1, 0.15) is 11.3 Å². The molecule has 0 fully saturated rings. The maximum absolute atomic E-state index is 4.59. The Morgan fingerprint density at radius 1 is 1.50 bits per heavy atom. The van der Waals surface area contributed by atoms with Gasteiger partial charge in [-0.3, -0.25) is 4.70 Å². The smallest absolute Gasteiger partial charge is 0.126 e. The SMILES string of the molecule is Cc1conc1C.F. The molecular weight excluding hydrogens is 109 g/mol. The normalized spacial score (nSPS) is 8.25. The Balaban J connectivity index is 0.000000490. The first-order valence-electron chi connectivity index (χ1n) is 2.18. The zero-order valence-electron chi connectivity index (χ0n) is 4.84. The second-order valence-corrected chi connectivity index (χ2v) is 1.58. The molecule has 3 heteroatoms. The van der Waals surface area contributed by atoms with Crippen LogP contribution in [0, 0.1) is 13.8 Å². The van der Waals surface area contributed by atoms with Crippen molar-refractivity contribution < 1.29 is 9.23 Å². The maximum Gasteiger partial charge on any atom is 0.126 e. The highest BCUT2D eigenvalue weighted by atomic mass is 19.0. The van der Waals surface area contributed by atoms with Gasteiger partial charge < -0.3 is 4.52 Å². The molecule has 1 aromatic rings. The monoisotopic (exact) mass is 117 g/mol. The van der Waals surface area contributed by atoms with Gasteiger partial charge in [-0.05, 0) is 13.8 Å². The van der Waals surface area contributed by atoms with Gasteiger partial charge >= 0.3 is 0 Å². The van der Waals surface area contributed by atoms with Gasteiger partial charge in [0.25, 0.3) is 0 Å². The van der Waals surface area contributed by atoms with E-state index in [1.807, 2.05) is 13.8 Å². The van der Waals surface area contributed by atoms with Crippen molar-refractivity contribution >= 4 is 0 Å². The van der Waals surface area contributed by atoms with E-state index in [0.717, 1.165) is 11.3 Å². The highest BCUT2D eigenvalue weighted by molar-refractivity contribution is 5.08. The fourth-order valence-electron chi connectivity index (χ4n) is 0.342. The molecule has 0 bridgehead atoms. The van der Waals surface area contributed by atoms with Crippen LogP contribution >= 0.6 is 0 Å². The molecule has 0 N–H and O–H groups in total. The van der Waals surface area contributed by atoms with E-state index in [9.17, 15) is 0 Å². The van der Waals surface area contributed by atoms with Crippen LogP contribution < -0.4 is 0 Å². The maximum atomic E-state index is 4.59. The van der Waals surface area contributed by atoms with E-state index >= 15 is 0 Å². The van der Waals surface area contributed by atoms with Gasteiger partial charge in [0, 0.05) is 5.56 Å².